The van der Waals surface area contributed by atoms with E-state index in [0.717, 1.165) is 32.1 Å². The van der Waals surface area contributed by atoms with Gasteiger partial charge in [-0.1, -0.05) is 74.7 Å². The molecule has 12 nitrogen and oxygen atoms in total. The van der Waals surface area contributed by atoms with Gasteiger partial charge >= 0.3 is 6.03 Å². The van der Waals surface area contributed by atoms with Crippen LogP contribution in [0, 0.1) is 34.5 Å². The highest BCUT2D eigenvalue weighted by molar-refractivity contribution is 6.37. The van der Waals surface area contributed by atoms with Crippen molar-refractivity contribution in [2.75, 3.05) is 20.1 Å². The fourth-order valence-electron chi connectivity index (χ4n) is 6.58. The third-order valence-electron chi connectivity index (χ3n) is 9.90. The molecule has 0 radical (unpaired) electrons. The summed E-state index contributed by atoms with van der Waals surface area (Å²) in [5.74, 6) is -2.49. The molecule has 0 aromatic rings. The zero-order valence-corrected chi connectivity index (χ0v) is 29.4. The minimum Gasteiger partial charge on any atom is -0.363 e. The quantitative estimate of drug-likeness (QED) is 0.224. The largest absolute Gasteiger partial charge is 0.363 e. The van der Waals surface area contributed by atoms with E-state index in [-0.39, 0.29) is 23.7 Å². The molecule has 46 heavy (non-hydrogen) atoms. The standard InChI is InChI=1S/C34H58N6O6/c1-19(2)22-15-16-40(24(22)29(43)36-23(25(41)28(35)42)17-20-11-10-12-20)31(45)27(34(6,7)8)38-32(46)37-26(33(3,4)5)30(44)39(9)18-21-13-14-21/h19-24,26-27H,10-18H2,1-9H3,(H2,35,42)(H,36,43)(H2,37,38,46)/t22-,23?,24+,26-,27-/m1/s1. The number of ketones is 1. The average molecular weight is 647 g/mol. The van der Waals surface area contributed by atoms with E-state index in [0.29, 0.717) is 31.8 Å². The number of hydrogen-bond donors (Lipinski definition) is 4. The van der Waals surface area contributed by atoms with Crippen LogP contribution in [0.15, 0.2) is 0 Å². The molecule has 5 atom stereocenters. The third-order valence-corrected chi connectivity index (χ3v) is 9.90. The van der Waals surface area contributed by atoms with Gasteiger partial charge in [0.05, 0.1) is 6.04 Å². The molecule has 0 bridgehead atoms. The van der Waals surface area contributed by atoms with E-state index in [1.54, 1.807) is 11.9 Å². The topological polar surface area (TPSA) is 171 Å². The van der Waals surface area contributed by atoms with Crippen molar-refractivity contribution in [1.82, 2.24) is 25.8 Å². The summed E-state index contributed by atoms with van der Waals surface area (Å²) < 4.78 is 0. The minimum absolute atomic E-state index is 0.0426. The Morgan fingerprint density at radius 1 is 0.826 bits per heavy atom. The van der Waals surface area contributed by atoms with Crippen molar-refractivity contribution in [2.45, 2.75) is 125 Å². The van der Waals surface area contributed by atoms with E-state index in [2.05, 4.69) is 16.0 Å². The number of urea groups is 1. The summed E-state index contributed by atoms with van der Waals surface area (Å²) in [5, 5.41) is 8.47. The number of carbonyl (C=O) groups excluding carboxylic acids is 6. The number of likely N-dealkylation sites (tertiary alicyclic amines) is 1. The number of Topliss-reactive ketones (excluding diaryl/α,β-unsaturated/α-hetero) is 1. The van der Waals surface area contributed by atoms with Crippen molar-refractivity contribution in [3.63, 3.8) is 0 Å². The van der Waals surface area contributed by atoms with Gasteiger partial charge in [-0.05, 0) is 60.2 Å². The molecule has 260 valence electrons. The van der Waals surface area contributed by atoms with Gasteiger partial charge in [-0.15, -0.1) is 0 Å². The fraction of sp³-hybridized carbons (Fsp3) is 0.824. The lowest BCUT2D eigenvalue weighted by molar-refractivity contribution is -0.144. The Labute approximate surface area is 274 Å². The summed E-state index contributed by atoms with van der Waals surface area (Å²) in [4.78, 5) is 82.9. The van der Waals surface area contributed by atoms with Gasteiger partial charge in [-0.25, -0.2) is 4.79 Å². The highest BCUT2D eigenvalue weighted by Gasteiger charge is 2.48. The Bertz CT molecular complexity index is 1170. The smallest absolute Gasteiger partial charge is 0.316 e. The van der Waals surface area contributed by atoms with Gasteiger partial charge < -0.3 is 31.5 Å². The summed E-state index contributed by atoms with van der Waals surface area (Å²) >= 11 is 0. The summed E-state index contributed by atoms with van der Waals surface area (Å²) in [7, 11) is 1.75. The van der Waals surface area contributed by atoms with Crippen molar-refractivity contribution >= 4 is 35.4 Å². The molecule has 1 aliphatic heterocycles. The molecule has 1 unspecified atom stereocenters. The van der Waals surface area contributed by atoms with Crippen LogP contribution in [0.3, 0.4) is 0 Å². The van der Waals surface area contributed by atoms with Crippen LogP contribution in [0.1, 0.15) is 100 Å². The van der Waals surface area contributed by atoms with Crippen LogP contribution in [-0.4, -0.2) is 89.5 Å². The number of amides is 6. The first kappa shape index (κ1) is 37.3. The second-order valence-corrected chi connectivity index (χ2v) is 16.4. The lowest BCUT2D eigenvalue weighted by Crippen LogP contribution is -2.63. The summed E-state index contributed by atoms with van der Waals surface area (Å²) in [6.45, 7) is 16.0. The molecule has 2 aliphatic carbocycles. The molecule has 0 spiro atoms. The van der Waals surface area contributed by atoms with Crippen molar-refractivity contribution in [3.8, 4) is 0 Å². The van der Waals surface area contributed by atoms with Crippen LogP contribution in [0.4, 0.5) is 4.79 Å². The zero-order chi connectivity index (χ0) is 34.7. The van der Waals surface area contributed by atoms with Crippen LogP contribution in [-0.2, 0) is 24.0 Å². The zero-order valence-electron chi connectivity index (χ0n) is 29.4. The van der Waals surface area contributed by atoms with Gasteiger partial charge in [-0.3, -0.25) is 24.0 Å². The normalized spacial score (nSPS) is 22.3. The first-order valence-electron chi connectivity index (χ1n) is 17.0. The molecule has 6 amide bonds. The third kappa shape index (κ3) is 9.44. The van der Waals surface area contributed by atoms with Gasteiger partial charge in [0.15, 0.2) is 0 Å². The van der Waals surface area contributed by atoms with E-state index in [1.807, 2.05) is 55.4 Å². The van der Waals surface area contributed by atoms with Gasteiger partial charge in [0.2, 0.25) is 23.5 Å². The summed E-state index contributed by atoms with van der Waals surface area (Å²) in [6, 6.07) is -4.43. The summed E-state index contributed by atoms with van der Waals surface area (Å²) in [5.41, 5.74) is 4.00. The van der Waals surface area contributed by atoms with Crippen molar-refractivity contribution in [3.05, 3.63) is 0 Å². The maximum Gasteiger partial charge on any atom is 0.316 e. The monoisotopic (exact) mass is 646 g/mol. The fourth-order valence-corrected chi connectivity index (χ4v) is 6.58. The lowest BCUT2D eigenvalue weighted by atomic mass is 9.80. The van der Waals surface area contributed by atoms with E-state index in [1.165, 1.54) is 4.90 Å². The van der Waals surface area contributed by atoms with Crippen molar-refractivity contribution < 1.29 is 28.8 Å². The van der Waals surface area contributed by atoms with Crippen molar-refractivity contribution in [1.29, 1.82) is 0 Å². The molecular weight excluding hydrogens is 588 g/mol. The Hall–Kier alpha value is -3.18. The first-order chi connectivity index (χ1) is 21.2. The molecule has 3 rings (SSSR count). The lowest BCUT2D eigenvalue weighted by Gasteiger charge is -2.38. The molecule has 0 aromatic heterocycles. The van der Waals surface area contributed by atoms with E-state index in [9.17, 15) is 28.8 Å². The second kappa shape index (κ2) is 14.7. The second-order valence-electron chi connectivity index (χ2n) is 16.4. The van der Waals surface area contributed by atoms with Crippen molar-refractivity contribution in [2.24, 2.45) is 40.2 Å². The van der Waals surface area contributed by atoms with Gasteiger partial charge in [0.1, 0.15) is 18.1 Å². The number of likely N-dealkylation sites (N-methyl/N-ethyl adjacent to an activating group) is 1. The molecule has 2 saturated carbocycles. The van der Waals surface area contributed by atoms with E-state index >= 15 is 0 Å². The van der Waals surface area contributed by atoms with Crippen LogP contribution < -0.4 is 21.7 Å². The highest BCUT2D eigenvalue weighted by atomic mass is 16.2. The van der Waals surface area contributed by atoms with Crippen LogP contribution in [0.25, 0.3) is 0 Å². The van der Waals surface area contributed by atoms with Crippen LogP contribution in [0.5, 0.6) is 0 Å². The molecule has 0 aromatic carbocycles. The SMILES string of the molecule is CC(C)[C@H]1CCN(C(=O)[C@@H](NC(=O)N[C@H](C(=O)N(C)CC2CC2)C(C)(C)C)C(C)(C)C)[C@@H]1C(=O)NC(CC1CCC1)C(=O)C(N)=O. The molecule has 3 fully saturated rings. The number of nitrogens with one attached hydrogen (secondary N) is 3. The van der Waals surface area contributed by atoms with E-state index < -0.39 is 64.5 Å². The first-order valence-corrected chi connectivity index (χ1v) is 17.0. The molecule has 5 N–H and O–H groups in total. The molecule has 1 heterocycles. The Morgan fingerprint density at radius 2 is 1.39 bits per heavy atom. The van der Waals surface area contributed by atoms with Gasteiger partial charge in [-0.2, -0.15) is 0 Å². The Morgan fingerprint density at radius 3 is 1.85 bits per heavy atom. The highest BCUT2D eigenvalue weighted by Crippen LogP contribution is 2.35. The van der Waals surface area contributed by atoms with E-state index in [4.69, 9.17) is 5.73 Å². The Kier molecular flexibility index (Phi) is 11.9. The predicted molar refractivity (Wildman–Crippen MR) is 175 cm³/mol. The average Bonchev–Trinajstić information content (AvgIpc) is 3.61. The number of carbonyl (C=O) groups is 6. The number of nitrogens with zero attached hydrogens (tertiary/aromatic N) is 2. The van der Waals surface area contributed by atoms with Crippen LogP contribution in [0.2, 0.25) is 0 Å². The number of rotatable bonds is 13. The Balaban J connectivity index is 1.82. The number of hydrogen-bond acceptors (Lipinski definition) is 6. The van der Waals surface area contributed by atoms with Gasteiger partial charge in [0.25, 0.3) is 5.91 Å². The maximum absolute atomic E-state index is 14.3. The molecule has 1 saturated heterocycles. The molecular formula is C34H58N6O6. The number of primary amides is 1. The number of nitrogens with two attached hydrogens (primary N) is 1. The molecule has 3 aliphatic rings. The summed E-state index contributed by atoms with van der Waals surface area (Å²) in [6.07, 6.45) is 5.95. The van der Waals surface area contributed by atoms with Gasteiger partial charge in [0, 0.05) is 20.1 Å². The molecule has 12 heteroatoms. The maximum atomic E-state index is 14.3. The van der Waals surface area contributed by atoms with Crippen LogP contribution >= 0.6 is 0 Å². The minimum atomic E-state index is -1.10. The predicted octanol–water partition coefficient (Wildman–Crippen LogP) is 2.59.